The molecule has 0 fully saturated rings. The maximum absolute atomic E-state index is 12.9. The SMILES string of the molecule is COc1ccc(OC)c(S(=O)(=O)Nc2cccc(/C=C/c3ccccn3)c2)c1. The maximum Gasteiger partial charge on any atom is 0.265 e. The molecular formula is C21H20N2O4S. The third kappa shape index (κ3) is 4.69. The molecule has 0 radical (unpaired) electrons. The van der Waals surface area contributed by atoms with Gasteiger partial charge in [0.2, 0.25) is 0 Å². The van der Waals surface area contributed by atoms with Crippen molar-refractivity contribution >= 4 is 27.9 Å². The van der Waals surface area contributed by atoms with E-state index in [0.717, 1.165) is 11.3 Å². The Morgan fingerprint density at radius 3 is 2.50 bits per heavy atom. The summed E-state index contributed by atoms with van der Waals surface area (Å²) in [6.45, 7) is 0. The fraction of sp³-hybridized carbons (Fsp3) is 0.0952. The largest absolute Gasteiger partial charge is 0.497 e. The molecule has 3 rings (SSSR count). The molecule has 2 aromatic carbocycles. The van der Waals surface area contributed by atoms with Gasteiger partial charge in [-0.1, -0.05) is 24.3 Å². The third-order valence-electron chi connectivity index (χ3n) is 3.93. The Labute approximate surface area is 164 Å². The van der Waals surface area contributed by atoms with Crippen LogP contribution in [0.2, 0.25) is 0 Å². The summed E-state index contributed by atoms with van der Waals surface area (Å²) in [4.78, 5) is 4.23. The summed E-state index contributed by atoms with van der Waals surface area (Å²) in [5, 5.41) is 0. The molecule has 0 amide bonds. The van der Waals surface area contributed by atoms with Crippen molar-refractivity contribution in [2.75, 3.05) is 18.9 Å². The summed E-state index contributed by atoms with van der Waals surface area (Å²) < 4.78 is 38.6. The van der Waals surface area contributed by atoms with Gasteiger partial charge in [0.05, 0.1) is 19.9 Å². The summed E-state index contributed by atoms with van der Waals surface area (Å²) in [5.74, 6) is 0.660. The molecule has 1 heterocycles. The lowest BCUT2D eigenvalue weighted by Gasteiger charge is -2.13. The number of benzene rings is 2. The Bertz CT molecular complexity index is 1080. The molecule has 28 heavy (non-hydrogen) atoms. The van der Waals surface area contributed by atoms with Crippen molar-refractivity contribution in [3.05, 3.63) is 78.1 Å². The van der Waals surface area contributed by atoms with Crippen molar-refractivity contribution < 1.29 is 17.9 Å². The summed E-state index contributed by atoms with van der Waals surface area (Å²) in [7, 11) is -0.968. The third-order valence-corrected chi connectivity index (χ3v) is 5.34. The quantitative estimate of drug-likeness (QED) is 0.651. The predicted molar refractivity (Wildman–Crippen MR) is 110 cm³/mol. The van der Waals surface area contributed by atoms with Crippen molar-refractivity contribution in [2.45, 2.75) is 4.90 Å². The number of nitrogens with one attached hydrogen (secondary N) is 1. The van der Waals surface area contributed by atoms with Crippen LogP contribution in [0.5, 0.6) is 11.5 Å². The second kappa shape index (κ2) is 8.58. The smallest absolute Gasteiger partial charge is 0.265 e. The fourth-order valence-corrected chi connectivity index (χ4v) is 3.80. The molecule has 0 aliphatic rings. The Morgan fingerprint density at radius 1 is 0.929 bits per heavy atom. The molecule has 0 unspecified atom stereocenters. The minimum absolute atomic E-state index is 0.00350. The highest BCUT2D eigenvalue weighted by Crippen LogP contribution is 2.30. The molecule has 0 saturated heterocycles. The molecule has 144 valence electrons. The number of hydrogen-bond acceptors (Lipinski definition) is 5. The first-order valence-corrected chi connectivity index (χ1v) is 9.94. The zero-order valence-corrected chi connectivity index (χ0v) is 16.3. The first-order valence-electron chi connectivity index (χ1n) is 8.46. The van der Waals surface area contributed by atoms with Gasteiger partial charge >= 0.3 is 0 Å². The number of sulfonamides is 1. The van der Waals surface area contributed by atoms with Gasteiger partial charge in [0.15, 0.2) is 0 Å². The maximum atomic E-state index is 12.9. The van der Waals surface area contributed by atoms with Crippen LogP contribution in [0.25, 0.3) is 12.2 Å². The van der Waals surface area contributed by atoms with Crippen molar-refractivity contribution in [1.82, 2.24) is 4.98 Å². The predicted octanol–water partition coefficient (Wildman–Crippen LogP) is 4.07. The molecule has 3 aromatic rings. The summed E-state index contributed by atoms with van der Waals surface area (Å²) in [6.07, 6.45) is 5.44. The van der Waals surface area contributed by atoms with E-state index in [9.17, 15) is 8.42 Å². The molecule has 6 nitrogen and oxygen atoms in total. The molecule has 7 heteroatoms. The number of ether oxygens (including phenoxy) is 2. The fourth-order valence-electron chi connectivity index (χ4n) is 2.57. The lowest BCUT2D eigenvalue weighted by molar-refractivity contribution is 0.392. The summed E-state index contributed by atoms with van der Waals surface area (Å²) >= 11 is 0. The van der Waals surface area contributed by atoms with Crippen LogP contribution in [-0.2, 0) is 10.0 Å². The highest BCUT2D eigenvalue weighted by molar-refractivity contribution is 7.92. The van der Waals surface area contributed by atoms with Crippen LogP contribution >= 0.6 is 0 Å². The van der Waals surface area contributed by atoms with Crippen LogP contribution in [0.4, 0.5) is 5.69 Å². The topological polar surface area (TPSA) is 77.5 Å². The zero-order valence-electron chi connectivity index (χ0n) is 15.5. The van der Waals surface area contributed by atoms with E-state index in [0.29, 0.717) is 11.4 Å². The number of pyridine rings is 1. The lowest BCUT2D eigenvalue weighted by Crippen LogP contribution is -2.14. The van der Waals surface area contributed by atoms with Gasteiger partial charge in [0.25, 0.3) is 10.0 Å². The van der Waals surface area contributed by atoms with Gasteiger partial charge in [0, 0.05) is 18.0 Å². The van der Waals surface area contributed by atoms with Gasteiger partial charge in [0.1, 0.15) is 16.4 Å². The summed E-state index contributed by atoms with van der Waals surface area (Å²) in [5.41, 5.74) is 2.09. The number of methoxy groups -OCH3 is 2. The standard InChI is InChI=1S/C21H20N2O4S/c1-26-19-11-12-20(27-2)21(15-19)28(24,25)23-18-8-5-6-16(14-18)9-10-17-7-3-4-13-22-17/h3-15,23H,1-2H3/b10-9+. The van der Waals surface area contributed by atoms with Crippen LogP contribution in [0.3, 0.4) is 0 Å². The molecule has 0 aliphatic heterocycles. The second-order valence-corrected chi connectivity index (χ2v) is 7.49. The molecule has 0 spiro atoms. The molecule has 0 saturated carbocycles. The molecule has 0 aliphatic carbocycles. The minimum Gasteiger partial charge on any atom is -0.497 e. The van der Waals surface area contributed by atoms with Gasteiger partial charge < -0.3 is 9.47 Å². The Hall–Kier alpha value is -3.32. The first-order chi connectivity index (χ1) is 13.5. The van der Waals surface area contributed by atoms with Gasteiger partial charge in [-0.05, 0) is 48.0 Å². The van der Waals surface area contributed by atoms with Crippen molar-refractivity contribution in [3.63, 3.8) is 0 Å². The Kier molecular flexibility index (Phi) is 5.96. The number of hydrogen-bond donors (Lipinski definition) is 1. The minimum atomic E-state index is -3.86. The number of aromatic nitrogens is 1. The Morgan fingerprint density at radius 2 is 1.79 bits per heavy atom. The van der Waals surface area contributed by atoms with Crippen LogP contribution in [-0.4, -0.2) is 27.6 Å². The second-order valence-electron chi connectivity index (χ2n) is 5.84. The molecule has 1 aromatic heterocycles. The van der Waals surface area contributed by atoms with E-state index in [4.69, 9.17) is 9.47 Å². The van der Waals surface area contributed by atoms with E-state index in [1.165, 1.54) is 20.3 Å². The lowest BCUT2D eigenvalue weighted by atomic mass is 10.2. The monoisotopic (exact) mass is 396 g/mol. The number of anilines is 1. The normalized spacial score (nSPS) is 11.4. The van der Waals surface area contributed by atoms with Gasteiger partial charge in [-0.25, -0.2) is 8.42 Å². The van der Waals surface area contributed by atoms with Crippen LogP contribution in [0.1, 0.15) is 11.3 Å². The van der Waals surface area contributed by atoms with E-state index in [2.05, 4.69) is 9.71 Å². The van der Waals surface area contributed by atoms with Gasteiger partial charge in [-0.15, -0.1) is 0 Å². The van der Waals surface area contributed by atoms with Crippen LogP contribution in [0.15, 0.2) is 71.8 Å². The molecule has 1 N–H and O–H groups in total. The van der Waals surface area contributed by atoms with Crippen molar-refractivity contribution in [2.24, 2.45) is 0 Å². The first kappa shape index (κ1) is 19.4. The van der Waals surface area contributed by atoms with Crippen molar-refractivity contribution in [3.8, 4) is 11.5 Å². The highest BCUT2D eigenvalue weighted by Gasteiger charge is 2.20. The average molecular weight is 396 g/mol. The van der Waals surface area contributed by atoms with E-state index >= 15 is 0 Å². The van der Waals surface area contributed by atoms with Gasteiger partial charge in [-0.3, -0.25) is 9.71 Å². The Balaban J connectivity index is 1.86. The molecule has 0 bridgehead atoms. The number of rotatable bonds is 7. The van der Waals surface area contributed by atoms with E-state index < -0.39 is 10.0 Å². The van der Waals surface area contributed by atoms with Crippen molar-refractivity contribution in [1.29, 1.82) is 0 Å². The van der Waals surface area contributed by atoms with Gasteiger partial charge in [-0.2, -0.15) is 0 Å². The molecule has 0 atom stereocenters. The van der Waals surface area contributed by atoms with Crippen LogP contribution < -0.4 is 14.2 Å². The van der Waals surface area contributed by atoms with Crippen LogP contribution in [0, 0.1) is 0 Å². The highest BCUT2D eigenvalue weighted by atomic mass is 32.2. The van der Waals surface area contributed by atoms with E-state index in [1.807, 2.05) is 36.4 Å². The molecular weight excluding hydrogens is 376 g/mol. The average Bonchev–Trinajstić information content (AvgIpc) is 2.72. The zero-order chi connectivity index (χ0) is 20.0. The van der Waals surface area contributed by atoms with E-state index in [1.54, 1.807) is 36.5 Å². The number of nitrogens with zero attached hydrogens (tertiary/aromatic N) is 1. The summed E-state index contributed by atoms with van der Waals surface area (Å²) in [6, 6.07) is 17.3. The van der Waals surface area contributed by atoms with E-state index in [-0.39, 0.29) is 10.6 Å².